The first-order valence-electron chi connectivity index (χ1n) is 6.25. The van der Waals surface area contributed by atoms with Crippen molar-refractivity contribution < 1.29 is 20.1 Å². The van der Waals surface area contributed by atoms with Gasteiger partial charge >= 0.3 is 6.09 Å². The lowest BCUT2D eigenvalue weighted by Gasteiger charge is -2.45. The van der Waals surface area contributed by atoms with Gasteiger partial charge in [-0.1, -0.05) is 6.07 Å². The number of piperidine rings is 1. The molecule has 1 aromatic rings. The molecule has 1 aromatic heterocycles. The standard InChI is InChI=1S/C13H18N2O4/c16-8-10-7-15(12(18)19)6-4-13(10,9-17)11-3-1-2-5-14-11/h1-3,5,10,16-17H,4,6-9H2,(H,18,19). The summed E-state index contributed by atoms with van der Waals surface area (Å²) < 4.78 is 0. The fourth-order valence-electron chi connectivity index (χ4n) is 2.76. The molecule has 1 aliphatic rings. The Labute approximate surface area is 111 Å². The van der Waals surface area contributed by atoms with Gasteiger partial charge in [-0.05, 0) is 18.6 Å². The first-order valence-corrected chi connectivity index (χ1v) is 6.25. The molecule has 2 atom stereocenters. The van der Waals surface area contributed by atoms with Crippen molar-refractivity contribution in [2.75, 3.05) is 26.3 Å². The van der Waals surface area contributed by atoms with E-state index in [0.29, 0.717) is 18.7 Å². The largest absolute Gasteiger partial charge is 0.465 e. The predicted molar refractivity (Wildman–Crippen MR) is 67.8 cm³/mol. The minimum absolute atomic E-state index is 0.150. The van der Waals surface area contributed by atoms with Gasteiger partial charge in [-0.3, -0.25) is 4.98 Å². The fraction of sp³-hybridized carbons (Fsp3) is 0.538. The summed E-state index contributed by atoms with van der Waals surface area (Å²) in [6.45, 7) is 0.218. The van der Waals surface area contributed by atoms with Crippen LogP contribution >= 0.6 is 0 Å². The summed E-state index contributed by atoms with van der Waals surface area (Å²) >= 11 is 0. The third-order valence-electron chi connectivity index (χ3n) is 4.00. The summed E-state index contributed by atoms with van der Waals surface area (Å²) in [6.07, 6.45) is 1.11. The molecule has 2 heterocycles. The third-order valence-corrected chi connectivity index (χ3v) is 4.00. The lowest BCUT2D eigenvalue weighted by atomic mass is 9.68. The van der Waals surface area contributed by atoms with Crippen LogP contribution in [0.3, 0.4) is 0 Å². The molecule has 0 radical (unpaired) electrons. The normalized spacial score (nSPS) is 27.3. The van der Waals surface area contributed by atoms with Gasteiger partial charge in [0.2, 0.25) is 0 Å². The quantitative estimate of drug-likeness (QED) is 0.731. The smallest absolute Gasteiger partial charge is 0.407 e. The molecule has 6 heteroatoms. The van der Waals surface area contributed by atoms with Crippen molar-refractivity contribution in [1.82, 2.24) is 9.88 Å². The molecule has 1 saturated heterocycles. The lowest BCUT2D eigenvalue weighted by molar-refractivity contribution is 0.0161. The van der Waals surface area contributed by atoms with Crippen LogP contribution in [-0.4, -0.2) is 57.6 Å². The number of likely N-dealkylation sites (tertiary alicyclic amines) is 1. The van der Waals surface area contributed by atoms with Gasteiger partial charge < -0.3 is 20.2 Å². The number of aliphatic hydroxyl groups is 2. The second-order valence-corrected chi connectivity index (χ2v) is 4.89. The number of carbonyl (C=O) groups is 1. The van der Waals surface area contributed by atoms with Crippen LogP contribution in [0.25, 0.3) is 0 Å². The molecule has 6 nitrogen and oxygen atoms in total. The summed E-state index contributed by atoms with van der Waals surface area (Å²) in [5.74, 6) is -0.350. The Morgan fingerprint density at radius 1 is 1.47 bits per heavy atom. The highest BCUT2D eigenvalue weighted by Crippen LogP contribution is 2.38. The third kappa shape index (κ3) is 2.41. The molecule has 2 rings (SSSR count). The van der Waals surface area contributed by atoms with Crippen LogP contribution in [-0.2, 0) is 5.41 Å². The topological polar surface area (TPSA) is 93.9 Å². The van der Waals surface area contributed by atoms with Crippen molar-refractivity contribution in [1.29, 1.82) is 0 Å². The Morgan fingerprint density at radius 2 is 2.26 bits per heavy atom. The summed E-state index contributed by atoms with van der Waals surface area (Å²) in [4.78, 5) is 16.6. The van der Waals surface area contributed by atoms with Crippen LogP contribution in [0.1, 0.15) is 12.1 Å². The number of nitrogens with zero attached hydrogens (tertiary/aromatic N) is 2. The number of aromatic nitrogens is 1. The summed E-state index contributed by atoms with van der Waals surface area (Å²) in [5.41, 5.74) is 0.0451. The molecule has 0 aromatic carbocycles. The highest BCUT2D eigenvalue weighted by Gasteiger charge is 2.45. The second kappa shape index (κ2) is 5.54. The molecule has 0 bridgehead atoms. The average Bonchev–Trinajstić information content (AvgIpc) is 2.47. The lowest BCUT2D eigenvalue weighted by Crippen LogP contribution is -2.54. The molecular formula is C13H18N2O4. The monoisotopic (exact) mass is 266 g/mol. The highest BCUT2D eigenvalue weighted by molar-refractivity contribution is 5.65. The number of aliphatic hydroxyl groups excluding tert-OH is 2. The van der Waals surface area contributed by atoms with Crippen LogP contribution in [0.5, 0.6) is 0 Å². The molecule has 1 amide bonds. The molecule has 0 spiro atoms. The average molecular weight is 266 g/mol. The van der Waals surface area contributed by atoms with E-state index >= 15 is 0 Å². The van der Waals surface area contributed by atoms with Gasteiger partial charge in [0.1, 0.15) is 0 Å². The Hall–Kier alpha value is -1.66. The maximum Gasteiger partial charge on any atom is 0.407 e. The molecule has 19 heavy (non-hydrogen) atoms. The van der Waals surface area contributed by atoms with Gasteiger partial charge in [-0.25, -0.2) is 4.79 Å². The number of amides is 1. The van der Waals surface area contributed by atoms with Crippen LogP contribution < -0.4 is 0 Å². The number of rotatable bonds is 3. The maximum atomic E-state index is 11.0. The minimum Gasteiger partial charge on any atom is -0.465 e. The minimum atomic E-state index is -0.994. The van der Waals surface area contributed by atoms with Gasteiger partial charge in [-0.15, -0.1) is 0 Å². The van der Waals surface area contributed by atoms with Gasteiger partial charge in [0.15, 0.2) is 0 Å². The second-order valence-electron chi connectivity index (χ2n) is 4.89. The zero-order chi connectivity index (χ0) is 13.9. The van der Waals surface area contributed by atoms with Gasteiger partial charge in [0, 0.05) is 42.9 Å². The fourth-order valence-corrected chi connectivity index (χ4v) is 2.76. The van der Waals surface area contributed by atoms with Crippen LogP contribution in [0.4, 0.5) is 4.79 Å². The van der Waals surface area contributed by atoms with E-state index in [1.54, 1.807) is 12.3 Å². The number of pyridine rings is 1. The predicted octanol–water partition coefficient (Wildman–Crippen LogP) is 0.304. The molecule has 0 aliphatic carbocycles. The molecule has 3 N–H and O–H groups in total. The van der Waals surface area contributed by atoms with Crippen molar-refractivity contribution in [3.8, 4) is 0 Å². The zero-order valence-electron chi connectivity index (χ0n) is 10.6. The van der Waals surface area contributed by atoms with Crippen molar-refractivity contribution in [3.63, 3.8) is 0 Å². The molecule has 104 valence electrons. The maximum absolute atomic E-state index is 11.0. The Bertz CT molecular complexity index is 440. The van der Waals surface area contributed by atoms with Crippen molar-refractivity contribution in [3.05, 3.63) is 30.1 Å². The SMILES string of the molecule is O=C(O)N1CCC(CO)(c2ccccn2)C(CO)C1. The summed E-state index contributed by atoms with van der Waals surface area (Å²) in [7, 11) is 0. The van der Waals surface area contributed by atoms with E-state index in [0.717, 1.165) is 0 Å². The molecule has 0 saturated carbocycles. The number of carboxylic acid groups (broad SMARTS) is 1. The Morgan fingerprint density at radius 3 is 2.79 bits per heavy atom. The number of hydrogen-bond donors (Lipinski definition) is 3. The van der Waals surface area contributed by atoms with E-state index in [1.165, 1.54) is 4.90 Å². The van der Waals surface area contributed by atoms with Crippen molar-refractivity contribution in [2.24, 2.45) is 5.92 Å². The van der Waals surface area contributed by atoms with E-state index in [2.05, 4.69) is 4.98 Å². The molecular weight excluding hydrogens is 248 g/mol. The molecule has 1 fully saturated rings. The first kappa shape index (κ1) is 13.8. The van der Waals surface area contributed by atoms with Crippen LogP contribution in [0, 0.1) is 5.92 Å². The summed E-state index contributed by atoms with van der Waals surface area (Å²) in [6, 6.07) is 5.43. The zero-order valence-corrected chi connectivity index (χ0v) is 10.6. The van der Waals surface area contributed by atoms with E-state index in [4.69, 9.17) is 5.11 Å². The van der Waals surface area contributed by atoms with E-state index < -0.39 is 11.5 Å². The van der Waals surface area contributed by atoms with E-state index in [1.807, 2.05) is 12.1 Å². The van der Waals surface area contributed by atoms with Crippen LogP contribution in [0.2, 0.25) is 0 Å². The first-order chi connectivity index (χ1) is 9.14. The Kier molecular flexibility index (Phi) is 4.01. The van der Waals surface area contributed by atoms with Crippen molar-refractivity contribution >= 4 is 6.09 Å². The molecule has 1 aliphatic heterocycles. The molecule has 2 unspecified atom stereocenters. The van der Waals surface area contributed by atoms with Gasteiger partial charge in [-0.2, -0.15) is 0 Å². The highest BCUT2D eigenvalue weighted by atomic mass is 16.4. The van der Waals surface area contributed by atoms with Gasteiger partial charge in [0.25, 0.3) is 0 Å². The van der Waals surface area contributed by atoms with E-state index in [9.17, 15) is 15.0 Å². The number of hydrogen-bond acceptors (Lipinski definition) is 4. The Balaban J connectivity index is 2.32. The van der Waals surface area contributed by atoms with Crippen molar-refractivity contribution in [2.45, 2.75) is 11.8 Å². The van der Waals surface area contributed by atoms with Gasteiger partial charge in [0.05, 0.1) is 6.61 Å². The summed E-state index contributed by atoms with van der Waals surface area (Å²) in [5, 5.41) is 28.4. The van der Waals surface area contributed by atoms with Crippen LogP contribution in [0.15, 0.2) is 24.4 Å². The van der Waals surface area contributed by atoms with E-state index in [-0.39, 0.29) is 25.7 Å².